The van der Waals surface area contributed by atoms with Gasteiger partial charge in [0.05, 0.1) is 23.4 Å². The van der Waals surface area contributed by atoms with E-state index in [0.717, 1.165) is 18.8 Å². The first kappa shape index (κ1) is 17.1. The average Bonchev–Trinajstić information content (AvgIpc) is 3.21. The maximum absolute atomic E-state index is 12.3. The van der Waals surface area contributed by atoms with Gasteiger partial charge in [0.25, 0.3) is 5.91 Å². The van der Waals surface area contributed by atoms with Crippen molar-refractivity contribution in [3.63, 3.8) is 0 Å². The minimum atomic E-state index is -0.613. The number of carbonyl (C=O) groups is 1. The van der Waals surface area contributed by atoms with E-state index in [0.29, 0.717) is 18.7 Å². The average molecular weight is 350 g/mol. The Bertz CT molecular complexity index is 671. The third kappa shape index (κ3) is 4.00. The van der Waals surface area contributed by atoms with E-state index in [-0.39, 0.29) is 23.6 Å². The van der Waals surface area contributed by atoms with Crippen molar-refractivity contribution >= 4 is 17.2 Å². The summed E-state index contributed by atoms with van der Waals surface area (Å²) in [5.74, 6) is 0.556. The fraction of sp³-hybridized carbons (Fsp3) is 0.562. The number of rotatable bonds is 5. The minimum Gasteiger partial charge on any atom is -0.390 e. The molecular weight excluding hydrogens is 328 g/mol. The fourth-order valence-corrected chi connectivity index (χ4v) is 3.31. The van der Waals surface area contributed by atoms with E-state index in [1.54, 1.807) is 17.4 Å². The van der Waals surface area contributed by atoms with Gasteiger partial charge < -0.3 is 14.9 Å². The van der Waals surface area contributed by atoms with Crippen LogP contribution in [0.25, 0.3) is 0 Å². The van der Waals surface area contributed by atoms with E-state index in [9.17, 15) is 9.90 Å². The molecule has 0 unspecified atom stereocenters. The van der Waals surface area contributed by atoms with Gasteiger partial charge in [-0.15, -0.1) is 11.3 Å². The van der Waals surface area contributed by atoms with Crippen LogP contribution in [0.5, 0.6) is 0 Å². The van der Waals surface area contributed by atoms with Crippen molar-refractivity contribution in [3.05, 3.63) is 34.1 Å². The zero-order valence-corrected chi connectivity index (χ0v) is 14.6. The summed E-state index contributed by atoms with van der Waals surface area (Å²) in [6.07, 6.45) is 0.0733. The van der Waals surface area contributed by atoms with E-state index in [4.69, 9.17) is 4.52 Å². The van der Waals surface area contributed by atoms with Gasteiger partial charge in [0.2, 0.25) is 0 Å². The minimum absolute atomic E-state index is 0.179. The van der Waals surface area contributed by atoms with Gasteiger partial charge in [-0.3, -0.25) is 9.69 Å². The molecule has 0 bridgehead atoms. The zero-order valence-electron chi connectivity index (χ0n) is 13.8. The van der Waals surface area contributed by atoms with Gasteiger partial charge in [0.1, 0.15) is 5.76 Å². The van der Waals surface area contributed by atoms with Crippen molar-refractivity contribution in [2.75, 3.05) is 13.1 Å². The quantitative estimate of drug-likeness (QED) is 0.851. The van der Waals surface area contributed by atoms with Gasteiger partial charge in [0.15, 0.2) is 5.69 Å². The number of hydrogen-bond acceptors (Lipinski definition) is 7. The maximum atomic E-state index is 12.3. The van der Waals surface area contributed by atoms with Crippen molar-refractivity contribution in [1.29, 1.82) is 0 Å². The molecule has 2 N–H and O–H groups in total. The Morgan fingerprint density at radius 3 is 3.04 bits per heavy atom. The van der Waals surface area contributed by atoms with E-state index < -0.39 is 6.10 Å². The number of carbonyl (C=O) groups excluding carboxylic acids is 1. The van der Waals surface area contributed by atoms with Crippen molar-refractivity contribution in [2.24, 2.45) is 0 Å². The summed E-state index contributed by atoms with van der Waals surface area (Å²) < 4.78 is 5.15. The number of likely N-dealkylation sites (tertiary alicyclic amines) is 1. The van der Waals surface area contributed by atoms with Crippen LogP contribution in [0.15, 0.2) is 21.5 Å². The first-order valence-corrected chi connectivity index (χ1v) is 9.02. The van der Waals surface area contributed by atoms with Crippen molar-refractivity contribution in [3.8, 4) is 0 Å². The summed E-state index contributed by atoms with van der Waals surface area (Å²) in [6.45, 7) is 5.99. The maximum Gasteiger partial charge on any atom is 0.273 e. The number of piperidine rings is 1. The fourth-order valence-electron chi connectivity index (χ4n) is 2.76. The van der Waals surface area contributed by atoms with Gasteiger partial charge in [-0.05, 0) is 6.42 Å². The molecule has 0 spiro atoms. The molecule has 7 nitrogen and oxygen atoms in total. The van der Waals surface area contributed by atoms with Crippen LogP contribution in [0.1, 0.15) is 48.1 Å². The first-order valence-electron chi connectivity index (χ1n) is 8.08. The first-order chi connectivity index (χ1) is 11.5. The van der Waals surface area contributed by atoms with Gasteiger partial charge in [-0.2, -0.15) is 0 Å². The molecule has 0 radical (unpaired) electrons. The lowest BCUT2D eigenvalue weighted by atomic mass is 10.0. The van der Waals surface area contributed by atoms with Crippen molar-refractivity contribution in [2.45, 2.75) is 44.9 Å². The van der Waals surface area contributed by atoms with Crippen LogP contribution in [-0.4, -0.2) is 51.3 Å². The predicted molar refractivity (Wildman–Crippen MR) is 89.9 cm³/mol. The Balaban J connectivity index is 1.53. The van der Waals surface area contributed by atoms with Crippen LogP contribution in [-0.2, 0) is 6.54 Å². The largest absolute Gasteiger partial charge is 0.390 e. The van der Waals surface area contributed by atoms with Gasteiger partial charge in [-0.1, -0.05) is 19.0 Å². The number of aromatic nitrogens is 2. The lowest BCUT2D eigenvalue weighted by Crippen LogP contribution is -2.53. The summed E-state index contributed by atoms with van der Waals surface area (Å²) in [5, 5.41) is 19.0. The molecule has 1 saturated heterocycles. The van der Waals surface area contributed by atoms with Crippen molar-refractivity contribution < 1.29 is 14.4 Å². The molecule has 0 saturated carbocycles. The van der Waals surface area contributed by atoms with Crippen LogP contribution < -0.4 is 5.32 Å². The number of thiazole rings is 1. The van der Waals surface area contributed by atoms with E-state index in [1.165, 1.54) is 0 Å². The van der Waals surface area contributed by atoms with Gasteiger partial charge in [0, 0.05) is 37.0 Å². The molecule has 1 fully saturated rings. The topological polar surface area (TPSA) is 91.5 Å². The molecule has 8 heteroatoms. The molecule has 0 aliphatic carbocycles. The number of aliphatic hydroxyl groups excluding tert-OH is 1. The molecule has 3 heterocycles. The molecule has 3 rings (SSSR count). The number of nitrogens with one attached hydrogen (secondary N) is 1. The summed E-state index contributed by atoms with van der Waals surface area (Å²) in [7, 11) is 0. The highest BCUT2D eigenvalue weighted by Crippen LogP contribution is 2.17. The van der Waals surface area contributed by atoms with Gasteiger partial charge in [-0.25, -0.2) is 4.98 Å². The second-order valence-electron chi connectivity index (χ2n) is 6.42. The highest BCUT2D eigenvalue weighted by Gasteiger charge is 2.30. The number of β-amino-alcohol motifs (C(OH)–C–C–N with tert-alkyl or cyclic N) is 1. The standard InChI is InChI=1S/C16H22N4O3S/c1-10(2)15-5-13(19-23-15)16(22)18-12-3-4-20(7-14(12)21)6-11-8-24-9-17-11/h5,8-10,12,14,21H,3-4,6-7H2,1-2H3,(H,18,22)/t12-,14-/m0/s1. The van der Waals surface area contributed by atoms with E-state index in [1.807, 2.05) is 24.7 Å². The lowest BCUT2D eigenvalue weighted by Gasteiger charge is -2.35. The Morgan fingerprint density at radius 1 is 1.58 bits per heavy atom. The summed E-state index contributed by atoms with van der Waals surface area (Å²) >= 11 is 1.57. The second-order valence-corrected chi connectivity index (χ2v) is 7.14. The highest BCUT2D eigenvalue weighted by molar-refractivity contribution is 7.07. The number of aliphatic hydroxyl groups is 1. The van der Waals surface area contributed by atoms with Crippen LogP contribution in [0.4, 0.5) is 0 Å². The van der Waals surface area contributed by atoms with Gasteiger partial charge >= 0.3 is 0 Å². The smallest absolute Gasteiger partial charge is 0.273 e. The summed E-state index contributed by atoms with van der Waals surface area (Å²) in [6, 6.07) is 1.38. The predicted octanol–water partition coefficient (Wildman–Crippen LogP) is 1.62. The van der Waals surface area contributed by atoms with E-state index >= 15 is 0 Å². The third-order valence-corrected chi connectivity index (χ3v) is 4.82. The monoisotopic (exact) mass is 350 g/mol. The number of amides is 1. The molecule has 24 heavy (non-hydrogen) atoms. The number of hydrogen-bond donors (Lipinski definition) is 2. The van der Waals surface area contributed by atoms with Crippen molar-refractivity contribution in [1.82, 2.24) is 20.4 Å². The second kappa shape index (κ2) is 7.42. The van der Waals surface area contributed by atoms with Crippen LogP contribution in [0, 0.1) is 0 Å². The molecule has 2 aromatic rings. The molecular formula is C16H22N4O3S. The summed E-state index contributed by atoms with van der Waals surface area (Å²) in [4.78, 5) is 18.7. The normalized spacial score (nSPS) is 22.0. The zero-order chi connectivity index (χ0) is 17.1. The highest BCUT2D eigenvalue weighted by atomic mass is 32.1. The molecule has 1 amide bonds. The molecule has 1 aliphatic heterocycles. The molecule has 130 valence electrons. The molecule has 1 aliphatic rings. The Morgan fingerprint density at radius 2 is 2.42 bits per heavy atom. The summed E-state index contributed by atoms with van der Waals surface area (Å²) in [5.41, 5.74) is 3.08. The molecule has 2 aromatic heterocycles. The Hall–Kier alpha value is -1.77. The molecule has 2 atom stereocenters. The lowest BCUT2D eigenvalue weighted by molar-refractivity contribution is 0.0344. The SMILES string of the molecule is CC(C)c1cc(C(=O)N[C@H]2CCN(Cc3cscn3)C[C@@H]2O)no1. The van der Waals surface area contributed by atoms with Crippen LogP contribution in [0.2, 0.25) is 0 Å². The number of nitrogens with zero attached hydrogens (tertiary/aromatic N) is 3. The van der Waals surface area contributed by atoms with E-state index in [2.05, 4.69) is 20.4 Å². The molecule has 0 aromatic carbocycles. The Kier molecular flexibility index (Phi) is 5.27. The Labute approximate surface area is 144 Å². The third-order valence-electron chi connectivity index (χ3n) is 4.18. The van der Waals surface area contributed by atoms with Crippen LogP contribution in [0.3, 0.4) is 0 Å². The van der Waals surface area contributed by atoms with Crippen LogP contribution >= 0.6 is 11.3 Å².